The van der Waals surface area contributed by atoms with Crippen LogP contribution in [0.2, 0.25) is 0 Å². The van der Waals surface area contributed by atoms with Gasteiger partial charge >= 0.3 is 12.1 Å². The number of esters is 1. The molecule has 0 fully saturated rings. The van der Waals surface area contributed by atoms with E-state index in [1.54, 1.807) is 29.8 Å². The number of nitrogens with zero attached hydrogens (tertiary/aromatic N) is 8. The van der Waals surface area contributed by atoms with Gasteiger partial charge in [0.25, 0.3) is 6.01 Å². The number of fused-ring (bicyclic) bond motifs is 1. The summed E-state index contributed by atoms with van der Waals surface area (Å²) >= 11 is 0. The first-order chi connectivity index (χ1) is 26.0. The van der Waals surface area contributed by atoms with E-state index in [1.807, 2.05) is 76.2 Å². The molecule has 0 aliphatic rings. The molecule has 5 aromatic rings. The number of H-pyrrole nitrogens is 1. The van der Waals surface area contributed by atoms with Crippen molar-refractivity contribution in [2.75, 3.05) is 40.1 Å². The van der Waals surface area contributed by atoms with E-state index < -0.39 is 24.0 Å². The van der Waals surface area contributed by atoms with E-state index in [9.17, 15) is 14.8 Å². The van der Waals surface area contributed by atoms with Crippen LogP contribution >= 0.6 is 0 Å². The van der Waals surface area contributed by atoms with E-state index >= 15 is 0 Å². The summed E-state index contributed by atoms with van der Waals surface area (Å²) in [6.45, 7) is 9.49. The predicted octanol–water partition coefficient (Wildman–Crippen LogP) is 5.54. The van der Waals surface area contributed by atoms with Crippen molar-refractivity contribution in [2.45, 2.75) is 53.0 Å². The monoisotopic (exact) mass is 745 g/mol. The summed E-state index contributed by atoms with van der Waals surface area (Å²) in [5, 5.41) is 31.0. The van der Waals surface area contributed by atoms with Gasteiger partial charge in [-0.3, -0.25) is 4.57 Å². The summed E-state index contributed by atoms with van der Waals surface area (Å²) in [6, 6.07) is 21.2. The zero-order valence-electron chi connectivity index (χ0n) is 30.9. The Morgan fingerprint density at radius 1 is 0.981 bits per heavy atom. The molecule has 0 bridgehead atoms. The minimum absolute atomic E-state index is 0.0107. The van der Waals surface area contributed by atoms with E-state index in [4.69, 9.17) is 28.5 Å². The van der Waals surface area contributed by atoms with Crippen LogP contribution in [0.15, 0.2) is 72.0 Å². The number of carbonyl (C=O) groups excluding carboxylic acids is 2. The first-order valence-corrected chi connectivity index (χ1v) is 17.2. The maximum atomic E-state index is 13.4. The lowest BCUT2D eigenvalue weighted by Gasteiger charge is -2.26. The summed E-state index contributed by atoms with van der Waals surface area (Å²) in [6.07, 6.45) is -2.33. The summed E-state index contributed by atoms with van der Waals surface area (Å²) in [7, 11) is 1.59. The molecule has 2 aromatic heterocycles. The molecule has 2 heterocycles. The fourth-order valence-corrected chi connectivity index (χ4v) is 5.09. The molecule has 1 unspecified atom stereocenters. The molecule has 3 aromatic carbocycles. The van der Waals surface area contributed by atoms with Gasteiger partial charge in [-0.2, -0.15) is 4.98 Å². The second-order valence-electron chi connectivity index (χ2n) is 12.7. The molecule has 0 radical (unpaired) electrons. The van der Waals surface area contributed by atoms with Crippen molar-refractivity contribution >= 4 is 23.2 Å². The maximum Gasteiger partial charge on any atom is 0.511 e. The zero-order valence-corrected chi connectivity index (χ0v) is 30.9. The number of ether oxygens (including phenoxy) is 5. The third kappa shape index (κ3) is 9.97. The van der Waals surface area contributed by atoms with Crippen LogP contribution in [0.5, 0.6) is 6.01 Å². The molecule has 1 atom stereocenters. The van der Waals surface area contributed by atoms with E-state index in [2.05, 4.69) is 30.9 Å². The van der Waals surface area contributed by atoms with Crippen LogP contribution in [-0.2, 0) is 30.3 Å². The number of hydrazine groups is 1. The van der Waals surface area contributed by atoms with Gasteiger partial charge in [0, 0.05) is 12.5 Å². The summed E-state index contributed by atoms with van der Waals surface area (Å²) in [5.74, 6) is -0.175. The molecule has 0 aliphatic heterocycles. The Morgan fingerprint density at radius 3 is 2.43 bits per heavy atom. The topological polar surface area (TPSA) is 203 Å². The normalized spacial score (nSPS) is 12.3. The van der Waals surface area contributed by atoms with E-state index in [-0.39, 0.29) is 32.0 Å². The lowest BCUT2D eigenvalue weighted by Crippen LogP contribution is -2.42. The Labute approximate surface area is 311 Å². The average molecular weight is 746 g/mol. The van der Waals surface area contributed by atoms with Crippen LogP contribution < -0.4 is 4.74 Å². The molecular formula is C36H43N9O9. The van der Waals surface area contributed by atoms with E-state index in [0.29, 0.717) is 41.0 Å². The van der Waals surface area contributed by atoms with Gasteiger partial charge in [-0.1, -0.05) is 54.6 Å². The Bertz CT molecular complexity index is 2030. The molecule has 0 saturated carbocycles. The van der Waals surface area contributed by atoms with Gasteiger partial charge in [-0.05, 0) is 66.9 Å². The Kier molecular flexibility index (Phi) is 12.9. The Morgan fingerprint density at radius 2 is 1.72 bits per heavy atom. The van der Waals surface area contributed by atoms with Gasteiger partial charge in [-0.25, -0.2) is 14.7 Å². The van der Waals surface area contributed by atoms with Crippen LogP contribution in [0, 0.1) is 5.21 Å². The van der Waals surface area contributed by atoms with Gasteiger partial charge in [0.1, 0.15) is 13.2 Å². The minimum atomic E-state index is -1.27. The fourth-order valence-electron chi connectivity index (χ4n) is 5.09. The number of hydrogen-bond donors (Lipinski definition) is 1. The van der Waals surface area contributed by atoms with Crippen molar-refractivity contribution < 1.29 is 43.1 Å². The molecule has 0 saturated heterocycles. The number of aromatic nitrogens is 6. The van der Waals surface area contributed by atoms with Crippen LogP contribution in [0.3, 0.4) is 0 Å². The SMILES string of the molecule is CCOc1nc2cccc(C(=O)OC(C)OC(=O)OCCOCCO/N=[N+](\[O-])N(C)C(C)(C)C)c2n1Cc1ccc(-c2ccccc2-c2nnn[nH]2)cc1. The molecule has 0 spiro atoms. The van der Waals surface area contributed by atoms with Crippen molar-refractivity contribution in [1.29, 1.82) is 0 Å². The number of hydrogen-bond acceptors (Lipinski definition) is 14. The number of rotatable bonds is 17. The van der Waals surface area contributed by atoms with Crippen LogP contribution in [-0.4, -0.2) is 104 Å². The van der Waals surface area contributed by atoms with Crippen molar-refractivity contribution in [3.05, 3.63) is 83.1 Å². The molecule has 18 heteroatoms. The first-order valence-electron chi connectivity index (χ1n) is 17.2. The summed E-state index contributed by atoms with van der Waals surface area (Å²) in [5.41, 5.74) is 4.49. The van der Waals surface area contributed by atoms with Crippen LogP contribution in [0.4, 0.5) is 4.79 Å². The minimum Gasteiger partial charge on any atom is -0.569 e. The molecule has 1 N–H and O–H groups in total. The number of tetrazole rings is 1. The molecule has 0 aliphatic carbocycles. The highest BCUT2D eigenvalue weighted by atomic mass is 16.8. The van der Waals surface area contributed by atoms with E-state index in [1.165, 1.54) is 11.9 Å². The summed E-state index contributed by atoms with van der Waals surface area (Å²) < 4.78 is 28.6. The fraction of sp³-hybridized carbons (Fsp3) is 0.389. The number of para-hydroxylation sites is 1. The second kappa shape index (κ2) is 18.0. The molecule has 286 valence electrons. The standard InChI is InChI=1S/C36H43N9O9/c1-7-50-34-37-30-14-10-13-29(33(46)53-24(2)54-35(47)51-21-19-49-20-22-52-42-45(48)43(6)36(3,4)5)31(30)44(34)23-25-15-17-26(18-16-25)27-11-8-9-12-28(27)32-38-40-41-39-32/h8-18,24H,7,19-23H2,1-6H3,(H,38,39,40,41)/b45-42-. The van der Waals surface area contributed by atoms with Gasteiger partial charge in [0.15, 0.2) is 5.82 Å². The maximum absolute atomic E-state index is 13.4. The highest BCUT2D eigenvalue weighted by Gasteiger charge is 2.25. The van der Waals surface area contributed by atoms with Crippen molar-refractivity contribution in [2.24, 2.45) is 5.28 Å². The quantitative estimate of drug-likeness (QED) is 0.0310. The first kappa shape index (κ1) is 38.9. The predicted molar refractivity (Wildman–Crippen MR) is 193 cm³/mol. The number of nitrogens with one attached hydrogen (secondary N) is 1. The lowest BCUT2D eigenvalue weighted by atomic mass is 9.98. The van der Waals surface area contributed by atoms with E-state index in [0.717, 1.165) is 22.3 Å². The van der Waals surface area contributed by atoms with Crippen molar-refractivity contribution in [1.82, 2.24) is 35.2 Å². The van der Waals surface area contributed by atoms with Gasteiger partial charge in [-0.15, -0.1) is 10.1 Å². The van der Waals surface area contributed by atoms with Crippen molar-refractivity contribution in [3.63, 3.8) is 0 Å². The van der Waals surface area contributed by atoms with Crippen LogP contribution in [0.25, 0.3) is 33.5 Å². The highest BCUT2D eigenvalue weighted by Crippen LogP contribution is 2.31. The van der Waals surface area contributed by atoms with Crippen LogP contribution in [0.1, 0.15) is 50.5 Å². The third-order valence-electron chi connectivity index (χ3n) is 8.01. The molecular weight excluding hydrogens is 702 g/mol. The average Bonchev–Trinajstić information content (AvgIpc) is 3.81. The number of carbonyl (C=O) groups is 2. The van der Waals surface area contributed by atoms with Crippen molar-refractivity contribution in [3.8, 4) is 28.5 Å². The highest BCUT2D eigenvalue weighted by molar-refractivity contribution is 6.02. The smallest absolute Gasteiger partial charge is 0.511 e. The zero-order chi connectivity index (χ0) is 38.7. The second-order valence-corrected chi connectivity index (χ2v) is 12.7. The summed E-state index contributed by atoms with van der Waals surface area (Å²) in [4.78, 5) is 35.6. The third-order valence-corrected chi connectivity index (χ3v) is 8.01. The molecule has 54 heavy (non-hydrogen) atoms. The molecule has 18 nitrogen and oxygen atoms in total. The number of imidazole rings is 1. The van der Waals surface area contributed by atoms with Gasteiger partial charge in [0.2, 0.25) is 11.6 Å². The molecule has 5 rings (SSSR count). The van der Waals surface area contributed by atoms with Gasteiger partial charge < -0.3 is 33.7 Å². The molecule has 0 amide bonds. The Balaban J connectivity index is 1.17. The van der Waals surface area contributed by atoms with Gasteiger partial charge in [0.05, 0.1) is 60.5 Å². The largest absolute Gasteiger partial charge is 0.569 e. The Hall–Kier alpha value is -6.30. The lowest BCUT2D eigenvalue weighted by molar-refractivity contribution is -0.719. The number of benzene rings is 3. The number of aromatic amines is 1.